The van der Waals surface area contributed by atoms with E-state index in [1.54, 1.807) is 33.8 Å². The number of benzene rings is 1. The highest BCUT2D eigenvalue weighted by molar-refractivity contribution is 9.10. The van der Waals surface area contributed by atoms with Gasteiger partial charge in [-0.05, 0) is 58.4 Å². The quantitative estimate of drug-likeness (QED) is 0.869. The minimum Gasteiger partial charge on any atom is -0.444 e. The number of carbonyl (C=O) groups is 2. The molecule has 0 heterocycles. The van der Waals surface area contributed by atoms with Gasteiger partial charge in [0.15, 0.2) is 0 Å². The Morgan fingerprint density at radius 1 is 1.29 bits per heavy atom. The lowest BCUT2D eigenvalue weighted by molar-refractivity contribution is -0.117. The first kappa shape index (κ1) is 17.5. The lowest BCUT2D eigenvalue weighted by Gasteiger charge is -2.21. The molecule has 1 aromatic rings. The van der Waals surface area contributed by atoms with Crippen LogP contribution in [0.1, 0.15) is 33.3 Å². The van der Waals surface area contributed by atoms with Crippen molar-refractivity contribution in [2.45, 2.75) is 46.3 Å². The molecule has 0 fully saturated rings. The summed E-state index contributed by atoms with van der Waals surface area (Å²) in [5.74, 6) is -0.300. The maximum Gasteiger partial charge on any atom is 0.408 e. The van der Waals surface area contributed by atoms with Gasteiger partial charge >= 0.3 is 6.09 Å². The van der Waals surface area contributed by atoms with Crippen LogP contribution in [0, 0.1) is 6.92 Å². The molecule has 0 aliphatic heterocycles. The number of halogens is 1. The first-order chi connectivity index (χ1) is 9.58. The lowest BCUT2D eigenvalue weighted by atomic mass is 10.2. The molecule has 0 radical (unpaired) electrons. The van der Waals surface area contributed by atoms with Crippen LogP contribution in [0.4, 0.5) is 10.5 Å². The third kappa shape index (κ3) is 6.16. The number of rotatable bonds is 3. The molecule has 1 atom stereocenters. The molecule has 21 heavy (non-hydrogen) atoms. The molecule has 6 heteroatoms. The van der Waals surface area contributed by atoms with Crippen LogP contribution in [0.3, 0.4) is 0 Å². The van der Waals surface area contributed by atoms with Crippen LogP contribution in [0.25, 0.3) is 0 Å². The van der Waals surface area contributed by atoms with Crippen molar-refractivity contribution in [2.24, 2.45) is 0 Å². The van der Waals surface area contributed by atoms with E-state index < -0.39 is 17.7 Å². The Labute approximate surface area is 133 Å². The fourth-order valence-corrected chi connectivity index (χ4v) is 2.03. The van der Waals surface area contributed by atoms with Gasteiger partial charge in [-0.2, -0.15) is 0 Å². The molecule has 0 aromatic heterocycles. The number of carbonyl (C=O) groups excluding carboxylic acids is 2. The maximum absolute atomic E-state index is 12.1. The van der Waals surface area contributed by atoms with E-state index in [4.69, 9.17) is 4.74 Å². The van der Waals surface area contributed by atoms with Gasteiger partial charge in [-0.25, -0.2) is 4.79 Å². The number of amides is 2. The van der Waals surface area contributed by atoms with Crippen molar-refractivity contribution < 1.29 is 14.3 Å². The van der Waals surface area contributed by atoms with Crippen molar-refractivity contribution in [1.82, 2.24) is 5.32 Å². The SMILES string of the molecule is Cc1cc(Br)ccc1NC(=O)[C@@H](C)NC(=O)OC(C)(C)C. The third-order valence-corrected chi connectivity index (χ3v) is 3.07. The van der Waals surface area contributed by atoms with Gasteiger partial charge in [0.05, 0.1) is 0 Å². The Kier molecular flexibility index (Phi) is 5.78. The van der Waals surface area contributed by atoms with Gasteiger partial charge < -0.3 is 15.4 Å². The molecule has 0 spiro atoms. The molecule has 1 rings (SSSR count). The van der Waals surface area contributed by atoms with Gasteiger partial charge in [-0.15, -0.1) is 0 Å². The Morgan fingerprint density at radius 3 is 2.43 bits per heavy atom. The smallest absolute Gasteiger partial charge is 0.408 e. The molecule has 0 aliphatic carbocycles. The highest BCUT2D eigenvalue weighted by Gasteiger charge is 2.21. The molecule has 2 amide bonds. The van der Waals surface area contributed by atoms with Crippen LogP contribution in [0.2, 0.25) is 0 Å². The molecule has 5 nitrogen and oxygen atoms in total. The van der Waals surface area contributed by atoms with Crippen molar-refractivity contribution in [2.75, 3.05) is 5.32 Å². The predicted molar refractivity (Wildman–Crippen MR) is 86.3 cm³/mol. The molecule has 2 N–H and O–H groups in total. The second-order valence-electron chi connectivity index (χ2n) is 5.82. The summed E-state index contributed by atoms with van der Waals surface area (Å²) >= 11 is 3.37. The van der Waals surface area contributed by atoms with E-state index >= 15 is 0 Å². The molecule has 1 aromatic carbocycles. The second-order valence-corrected chi connectivity index (χ2v) is 6.73. The number of anilines is 1. The van der Waals surface area contributed by atoms with E-state index in [-0.39, 0.29) is 5.91 Å². The average molecular weight is 357 g/mol. The van der Waals surface area contributed by atoms with Crippen molar-refractivity contribution >= 4 is 33.6 Å². The first-order valence-electron chi connectivity index (χ1n) is 6.65. The van der Waals surface area contributed by atoms with Crippen LogP contribution in [-0.2, 0) is 9.53 Å². The van der Waals surface area contributed by atoms with Crippen LogP contribution < -0.4 is 10.6 Å². The predicted octanol–water partition coefficient (Wildman–Crippen LogP) is 3.61. The van der Waals surface area contributed by atoms with Crippen LogP contribution in [0.5, 0.6) is 0 Å². The summed E-state index contributed by atoms with van der Waals surface area (Å²) in [6.07, 6.45) is -0.613. The minimum absolute atomic E-state index is 0.300. The zero-order valence-electron chi connectivity index (χ0n) is 12.9. The zero-order valence-corrected chi connectivity index (χ0v) is 14.5. The molecule has 116 valence electrons. The number of hydrogen-bond donors (Lipinski definition) is 2. The van der Waals surface area contributed by atoms with Gasteiger partial charge in [0.25, 0.3) is 0 Å². The van der Waals surface area contributed by atoms with E-state index in [1.807, 2.05) is 19.1 Å². The molecule has 0 saturated heterocycles. The van der Waals surface area contributed by atoms with Gasteiger partial charge in [-0.3, -0.25) is 4.79 Å². The van der Waals surface area contributed by atoms with Gasteiger partial charge in [-0.1, -0.05) is 15.9 Å². The Bertz CT molecular complexity index is 538. The van der Waals surface area contributed by atoms with Gasteiger partial charge in [0.2, 0.25) is 5.91 Å². The van der Waals surface area contributed by atoms with E-state index in [0.29, 0.717) is 5.69 Å². The van der Waals surface area contributed by atoms with Crippen LogP contribution in [0.15, 0.2) is 22.7 Å². The number of aryl methyl sites for hydroxylation is 1. The van der Waals surface area contributed by atoms with Crippen LogP contribution in [-0.4, -0.2) is 23.6 Å². The van der Waals surface area contributed by atoms with Crippen molar-refractivity contribution in [1.29, 1.82) is 0 Å². The Hall–Kier alpha value is -1.56. The van der Waals surface area contributed by atoms with E-state index in [1.165, 1.54) is 0 Å². The Morgan fingerprint density at radius 2 is 1.90 bits per heavy atom. The third-order valence-electron chi connectivity index (χ3n) is 2.57. The summed E-state index contributed by atoms with van der Waals surface area (Å²) in [6.45, 7) is 8.80. The van der Waals surface area contributed by atoms with Crippen LogP contribution >= 0.6 is 15.9 Å². The van der Waals surface area contributed by atoms with E-state index in [0.717, 1.165) is 10.0 Å². The van der Waals surface area contributed by atoms with Crippen molar-refractivity contribution in [3.8, 4) is 0 Å². The summed E-state index contributed by atoms with van der Waals surface area (Å²) in [6, 6.07) is 4.86. The molecule has 0 bridgehead atoms. The zero-order chi connectivity index (χ0) is 16.2. The van der Waals surface area contributed by atoms with Gasteiger partial charge in [0.1, 0.15) is 11.6 Å². The topological polar surface area (TPSA) is 67.4 Å². The monoisotopic (exact) mass is 356 g/mol. The number of ether oxygens (including phenoxy) is 1. The summed E-state index contributed by atoms with van der Waals surface area (Å²) in [7, 11) is 0. The summed E-state index contributed by atoms with van der Waals surface area (Å²) in [5, 5.41) is 5.28. The van der Waals surface area contributed by atoms with E-state index in [2.05, 4.69) is 26.6 Å². The molecule has 0 saturated carbocycles. The highest BCUT2D eigenvalue weighted by atomic mass is 79.9. The molecular formula is C15H21BrN2O3. The molecule has 0 unspecified atom stereocenters. The van der Waals surface area contributed by atoms with E-state index in [9.17, 15) is 9.59 Å². The van der Waals surface area contributed by atoms with Crippen molar-refractivity contribution in [3.05, 3.63) is 28.2 Å². The standard InChI is InChI=1S/C15H21BrN2O3/c1-9-8-11(16)6-7-12(9)18-13(19)10(2)17-14(20)21-15(3,4)5/h6-8,10H,1-5H3,(H,17,20)(H,18,19)/t10-/m1/s1. The Balaban J connectivity index is 2.61. The number of hydrogen-bond acceptors (Lipinski definition) is 3. The number of nitrogens with one attached hydrogen (secondary N) is 2. The van der Waals surface area contributed by atoms with Gasteiger partial charge in [0, 0.05) is 10.2 Å². The van der Waals surface area contributed by atoms with Crippen molar-refractivity contribution in [3.63, 3.8) is 0 Å². The number of alkyl carbamates (subject to hydrolysis) is 1. The first-order valence-corrected chi connectivity index (χ1v) is 7.44. The summed E-state index contributed by atoms with van der Waals surface area (Å²) < 4.78 is 6.05. The minimum atomic E-state index is -0.692. The average Bonchev–Trinajstić information content (AvgIpc) is 2.29. The normalized spacial score (nSPS) is 12.5. The maximum atomic E-state index is 12.1. The summed E-state index contributed by atoms with van der Waals surface area (Å²) in [4.78, 5) is 23.7. The highest BCUT2D eigenvalue weighted by Crippen LogP contribution is 2.20. The second kappa shape index (κ2) is 6.93. The lowest BCUT2D eigenvalue weighted by Crippen LogP contribution is -2.44. The summed E-state index contributed by atoms with van der Waals surface area (Å²) in [5.41, 5.74) is 1.05. The fraction of sp³-hybridized carbons (Fsp3) is 0.467. The molecular weight excluding hydrogens is 336 g/mol. The molecule has 0 aliphatic rings. The largest absolute Gasteiger partial charge is 0.444 e. The fourth-order valence-electron chi connectivity index (χ4n) is 1.56.